The average molecular weight is 241 g/mol. The Balaban J connectivity index is 2.44. The second-order valence-corrected chi connectivity index (χ2v) is 4.57. The molecule has 0 saturated heterocycles. The van der Waals surface area contributed by atoms with Crippen LogP contribution in [0.1, 0.15) is 19.0 Å². The molecule has 0 saturated carbocycles. The van der Waals surface area contributed by atoms with Gasteiger partial charge in [0, 0.05) is 22.5 Å². The monoisotopic (exact) mass is 241 g/mol. The van der Waals surface area contributed by atoms with Gasteiger partial charge in [-0.2, -0.15) is 0 Å². The number of nitrogen functional groups attached to an aromatic ring is 1. The van der Waals surface area contributed by atoms with Crippen molar-refractivity contribution in [1.82, 2.24) is 9.97 Å². The molecule has 0 aliphatic heterocycles. The Morgan fingerprint density at radius 1 is 1.17 bits per heavy atom. The van der Waals surface area contributed by atoms with Gasteiger partial charge < -0.3 is 15.7 Å². The SMILES string of the molecule is CCCc1[nH]c(N)cc2c1[nH]c1cc(=O)ccc12. The number of pyridine rings is 1. The summed E-state index contributed by atoms with van der Waals surface area (Å²) in [7, 11) is 0. The number of aryl methyl sites for hydroxylation is 1. The first-order valence-electron chi connectivity index (χ1n) is 6.12. The van der Waals surface area contributed by atoms with Gasteiger partial charge in [-0.25, -0.2) is 0 Å². The van der Waals surface area contributed by atoms with E-state index in [4.69, 9.17) is 5.73 Å². The summed E-state index contributed by atoms with van der Waals surface area (Å²) in [5.74, 6) is 0.651. The third-order valence-corrected chi connectivity index (χ3v) is 3.21. The number of fused-ring (bicyclic) bond motifs is 3. The van der Waals surface area contributed by atoms with Gasteiger partial charge in [0.2, 0.25) is 0 Å². The van der Waals surface area contributed by atoms with Gasteiger partial charge in [-0.1, -0.05) is 13.3 Å². The molecule has 92 valence electrons. The molecule has 2 heterocycles. The molecule has 0 spiro atoms. The van der Waals surface area contributed by atoms with Crippen LogP contribution in [-0.2, 0) is 6.42 Å². The number of aromatic nitrogens is 2. The van der Waals surface area contributed by atoms with Crippen molar-refractivity contribution >= 4 is 27.6 Å². The zero-order valence-corrected chi connectivity index (χ0v) is 10.2. The zero-order valence-electron chi connectivity index (χ0n) is 10.2. The molecule has 18 heavy (non-hydrogen) atoms. The minimum atomic E-state index is 0.0167. The highest BCUT2D eigenvalue weighted by molar-refractivity contribution is 6.08. The molecule has 0 radical (unpaired) electrons. The zero-order chi connectivity index (χ0) is 12.7. The Kier molecular flexibility index (Phi) is 2.37. The van der Waals surface area contributed by atoms with Crippen LogP contribution in [0.3, 0.4) is 0 Å². The largest absolute Gasteiger partial charge is 0.385 e. The highest BCUT2D eigenvalue weighted by Crippen LogP contribution is 2.27. The molecule has 4 nitrogen and oxygen atoms in total. The molecule has 0 fully saturated rings. The molecule has 0 bridgehead atoms. The van der Waals surface area contributed by atoms with Crippen molar-refractivity contribution in [1.29, 1.82) is 0 Å². The number of anilines is 1. The second kappa shape index (κ2) is 3.91. The lowest BCUT2D eigenvalue weighted by molar-refractivity contribution is 0.893. The van der Waals surface area contributed by atoms with Crippen molar-refractivity contribution in [2.45, 2.75) is 19.8 Å². The minimum absolute atomic E-state index is 0.0167. The first-order valence-corrected chi connectivity index (χ1v) is 6.12. The van der Waals surface area contributed by atoms with Crippen LogP contribution >= 0.6 is 0 Å². The van der Waals surface area contributed by atoms with Crippen LogP contribution in [0.25, 0.3) is 21.8 Å². The Morgan fingerprint density at radius 2 is 2.00 bits per heavy atom. The van der Waals surface area contributed by atoms with E-state index in [0.29, 0.717) is 5.82 Å². The molecule has 0 amide bonds. The topological polar surface area (TPSA) is 74.7 Å². The molecule has 1 aromatic carbocycles. The van der Waals surface area contributed by atoms with Gasteiger partial charge in [-0.05, 0) is 24.6 Å². The van der Waals surface area contributed by atoms with Gasteiger partial charge in [0.1, 0.15) is 5.82 Å². The van der Waals surface area contributed by atoms with Gasteiger partial charge in [-0.15, -0.1) is 0 Å². The molecule has 0 aliphatic carbocycles. The van der Waals surface area contributed by atoms with Crippen molar-refractivity contribution < 1.29 is 0 Å². The van der Waals surface area contributed by atoms with E-state index in [-0.39, 0.29) is 5.43 Å². The van der Waals surface area contributed by atoms with Crippen molar-refractivity contribution in [3.05, 3.63) is 40.2 Å². The van der Waals surface area contributed by atoms with E-state index in [9.17, 15) is 4.79 Å². The Morgan fingerprint density at radius 3 is 2.78 bits per heavy atom. The maximum absolute atomic E-state index is 11.4. The maximum Gasteiger partial charge on any atom is 0.180 e. The van der Waals surface area contributed by atoms with Gasteiger partial charge in [0.15, 0.2) is 5.43 Å². The lowest BCUT2D eigenvalue weighted by Crippen LogP contribution is -1.96. The average Bonchev–Trinajstić information content (AvgIpc) is 2.67. The van der Waals surface area contributed by atoms with Crippen molar-refractivity contribution in [3.63, 3.8) is 0 Å². The van der Waals surface area contributed by atoms with E-state index in [1.165, 1.54) is 0 Å². The molecule has 0 aliphatic rings. The van der Waals surface area contributed by atoms with Crippen LogP contribution in [0, 0.1) is 0 Å². The first kappa shape index (κ1) is 10.9. The van der Waals surface area contributed by atoms with Crippen LogP contribution in [0.15, 0.2) is 29.1 Å². The second-order valence-electron chi connectivity index (χ2n) is 4.57. The van der Waals surface area contributed by atoms with Gasteiger partial charge >= 0.3 is 0 Å². The fraction of sp³-hybridized carbons (Fsp3) is 0.214. The quantitative estimate of drug-likeness (QED) is 0.645. The van der Waals surface area contributed by atoms with Crippen LogP contribution in [0.5, 0.6) is 0 Å². The van der Waals surface area contributed by atoms with Gasteiger partial charge in [0.25, 0.3) is 0 Å². The Labute approximate surface area is 104 Å². The molecule has 4 heteroatoms. The molecule has 3 aromatic rings. The van der Waals surface area contributed by atoms with E-state index >= 15 is 0 Å². The minimum Gasteiger partial charge on any atom is -0.385 e. The van der Waals surface area contributed by atoms with Crippen LogP contribution in [0.2, 0.25) is 0 Å². The van der Waals surface area contributed by atoms with Gasteiger partial charge in [0.05, 0.1) is 11.0 Å². The van der Waals surface area contributed by atoms with E-state index in [0.717, 1.165) is 40.3 Å². The standard InChI is InChI=1S/C14H15N3O/c1-2-3-11-14-10(7-13(15)16-11)9-5-4-8(18)6-12(9)17-14/h4-7,16-17H,2-3,15H2,1H3. The summed E-state index contributed by atoms with van der Waals surface area (Å²) < 4.78 is 0. The summed E-state index contributed by atoms with van der Waals surface area (Å²) in [5, 5.41) is 2.12. The van der Waals surface area contributed by atoms with Crippen LogP contribution in [0.4, 0.5) is 5.82 Å². The molecule has 4 N–H and O–H groups in total. The lowest BCUT2D eigenvalue weighted by atomic mass is 10.1. The summed E-state index contributed by atoms with van der Waals surface area (Å²) in [6, 6.07) is 6.98. The third-order valence-electron chi connectivity index (χ3n) is 3.21. The lowest BCUT2D eigenvalue weighted by Gasteiger charge is -2.04. The van der Waals surface area contributed by atoms with Crippen LogP contribution < -0.4 is 11.2 Å². The predicted octanol–water partition coefficient (Wildman–Crippen LogP) is 2.54. The number of hydrogen-bond acceptors (Lipinski definition) is 2. The van der Waals surface area contributed by atoms with Crippen molar-refractivity contribution in [3.8, 4) is 0 Å². The number of nitrogens with one attached hydrogen (secondary N) is 2. The van der Waals surface area contributed by atoms with Crippen molar-refractivity contribution in [2.75, 3.05) is 5.73 Å². The van der Waals surface area contributed by atoms with E-state index < -0.39 is 0 Å². The van der Waals surface area contributed by atoms with Crippen LogP contribution in [-0.4, -0.2) is 9.97 Å². The van der Waals surface area contributed by atoms with E-state index in [1.54, 1.807) is 12.1 Å². The summed E-state index contributed by atoms with van der Waals surface area (Å²) in [4.78, 5) is 17.9. The molecule has 2 aromatic heterocycles. The Hall–Kier alpha value is -2.23. The summed E-state index contributed by atoms with van der Waals surface area (Å²) in [5.41, 5.74) is 8.93. The molecular formula is C14H15N3O. The highest BCUT2D eigenvalue weighted by atomic mass is 16.1. The fourth-order valence-electron chi connectivity index (χ4n) is 2.45. The number of H-pyrrole nitrogens is 2. The summed E-state index contributed by atoms with van der Waals surface area (Å²) >= 11 is 0. The number of aromatic amines is 2. The number of benzene rings is 1. The maximum atomic E-state index is 11.4. The third kappa shape index (κ3) is 1.57. The number of nitrogens with two attached hydrogens (primary N) is 1. The molecule has 3 rings (SSSR count). The fourth-order valence-corrected chi connectivity index (χ4v) is 2.45. The first-order chi connectivity index (χ1) is 8.69. The molecule has 0 unspecified atom stereocenters. The number of rotatable bonds is 2. The van der Waals surface area contributed by atoms with E-state index in [1.807, 2.05) is 12.1 Å². The molecular weight excluding hydrogens is 226 g/mol. The summed E-state index contributed by atoms with van der Waals surface area (Å²) in [6.45, 7) is 2.13. The smallest absolute Gasteiger partial charge is 0.180 e. The predicted molar refractivity (Wildman–Crippen MR) is 74.8 cm³/mol. The van der Waals surface area contributed by atoms with Crippen molar-refractivity contribution in [2.24, 2.45) is 0 Å². The number of hydrogen-bond donors (Lipinski definition) is 3. The van der Waals surface area contributed by atoms with Gasteiger partial charge in [-0.3, -0.25) is 4.79 Å². The highest BCUT2D eigenvalue weighted by Gasteiger charge is 2.09. The Bertz CT molecular complexity index is 783. The van der Waals surface area contributed by atoms with E-state index in [2.05, 4.69) is 16.9 Å². The molecule has 0 atom stereocenters. The normalized spacial score (nSPS) is 11.4. The summed E-state index contributed by atoms with van der Waals surface area (Å²) in [6.07, 6.45) is 1.97.